The van der Waals surface area contributed by atoms with Crippen LogP contribution >= 0.6 is 0 Å². The molecule has 1 atom stereocenters. The van der Waals surface area contributed by atoms with Crippen molar-refractivity contribution in [3.63, 3.8) is 0 Å². The molecule has 0 spiro atoms. The molecule has 5 heteroatoms. The number of hydrogen-bond acceptors (Lipinski definition) is 3. The smallest absolute Gasteiger partial charge is 0.254 e. The first-order valence-electron chi connectivity index (χ1n) is 7.39. The van der Waals surface area contributed by atoms with E-state index in [1.807, 2.05) is 32.0 Å². The number of aryl methyl sites for hydroxylation is 2. The first kappa shape index (κ1) is 15.9. The van der Waals surface area contributed by atoms with E-state index in [1.165, 1.54) is 4.57 Å². The fourth-order valence-electron chi connectivity index (χ4n) is 2.36. The summed E-state index contributed by atoms with van der Waals surface area (Å²) in [5, 5.41) is 2.97. The summed E-state index contributed by atoms with van der Waals surface area (Å²) in [6.45, 7) is 5.61. The zero-order valence-electron chi connectivity index (χ0n) is 13.2. The van der Waals surface area contributed by atoms with E-state index in [0.717, 1.165) is 17.7 Å². The minimum absolute atomic E-state index is 0.0309. The fourth-order valence-corrected chi connectivity index (χ4v) is 2.36. The Morgan fingerprint density at radius 2 is 2.09 bits per heavy atom. The highest BCUT2D eigenvalue weighted by molar-refractivity contribution is 5.76. The van der Waals surface area contributed by atoms with Gasteiger partial charge < -0.3 is 9.88 Å². The molecule has 116 valence electrons. The van der Waals surface area contributed by atoms with Gasteiger partial charge in [0.2, 0.25) is 5.91 Å². The van der Waals surface area contributed by atoms with Crippen LogP contribution in [0.1, 0.15) is 36.2 Å². The normalized spacial score (nSPS) is 12.0. The summed E-state index contributed by atoms with van der Waals surface area (Å²) in [6, 6.07) is 7.31. The lowest BCUT2D eigenvalue weighted by Gasteiger charge is -2.18. The Kier molecular flexibility index (Phi) is 5.09. The number of nitrogens with zero attached hydrogens (tertiary/aromatic N) is 2. The van der Waals surface area contributed by atoms with Crippen molar-refractivity contribution in [2.24, 2.45) is 0 Å². The van der Waals surface area contributed by atoms with Crippen LogP contribution in [0, 0.1) is 13.8 Å². The van der Waals surface area contributed by atoms with Crippen molar-refractivity contribution >= 4 is 5.91 Å². The highest BCUT2D eigenvalue weighted by atomic mass is 16.2. The third-order valence-electron chi connectivity index (χ3n) is 3.71. The van der Waals surface area contributed by atoms with Crippen LogP contribution in [0.15, 0.2) is 41.5 Å². The van der Waals surface area contributed by atoms with Crippen LogP contribution < -0.4 is 10.9 Å². The molecule has 1 amide bonds. The predicted octanol–water partition coefficient (Wildman–Crippen LogP) is 2.13. The van der Waals surface area contributed by atoms with Gasteiger partial charge in [-0.3, -0.25) is 14.6 Å². The zero-order chi connectivity index (χ0) is 16.1. The van der Waals surface area contributed by atoms with Gasteiger partial charge in [-0.05, 0) is 38.0 Å². The number of carbonyl (C=O) groups excluding carboxylic acids is 1. The molecular formula is C17H21N3O2. The van der Waals surface area contributed by atoms with Gasteiger partial charge in [-0.2, -0.15) is 0 Å². The van der Waals surface area contributed by atoms with E-state index in [9.17, 15) is 9.59 Å². The van der Waals surface area contributed by atoms with Crippen LogP contribution in [0.25, 0.3) is 0 Å². The molecule has 0 saturated heterocycles. The number of amides is 1. The van der Waals surface area contributed by atoms with Gasteiger partial charge in [-0.25, -0.2) is 0 Å². The van der Waals surface area contributed by atoms with Crippen molar-refractivity contribution in [1.82, 2.24) is 14.9 Å². The lowest BCUT2D eigenvalue weighted by molar-refractivity contribution is -0.122. The standard InChI is InChI=1S/C17H21N3O2/c1-4-15(14-6-5-9-18-10-14)19-16(21)11-20-13(3)8-7-12(2)17(20)22/h5-10,15H,4,11H2,1-3H3,(H,19,21). The molecule has 22 heavy (non-hydrogen) atoms. The number of pyridine rings is 2. The van der Waals surface area contributed by atoms with Crippen LogP contribution in [-0.4, -0.2) is 15.5 Å². The number of carbonyl (C=O) groups is 1. The maximum absolute atomic E-state index is 12.3. The van der Waals surface area contributed by atoms with E-state index < -0.39 is 0 Å². The summed E-state index contributed by atoms with van der Waals surface area (Å²) >= 11 is 0. The summed E-state index contributed by atoms with van der Waals surface area (Å²) in [5.41, 5.74) is 2.26. The third kappa shape index (κ3) is 3.61. The van der Waals surface area contributed by atoms with Crippen molar-refractivity contribution in [1.29, 1.82) is 0 Å². The molecular weight excluding hydrogens is 278 g/mol. The lowest BCUT2D eigenvalue weighted by Crippen LogP contribution is -2.35. The van der Waals surface area contributed by atoms with Crippen molar-refractivity contribution in [3.8, 4) is 0 Å². The second-order valence-corrected chi connectivity index (χ2v) is 5.36. The molecule has 0 aliphatic heterocycles. The Morgan fingerprint density at radius 1 is 1.32 bits per heavy atom. The maximum Gasteiger partial charge on any atom is 0.254 e. The zero-order valence-corrected chi connectivity index (χ0v) is 13.2. The van der Waals surface area contributed by atoms with Gasteiger partial charge in [0, 0.05) is 23.7 Å². The molecule has 0 radical (unpaired) electrons. The summed E-state index contributed by atoms with van der Waals surface area (Å²) in [7, 11) is 0. The van der Waals surface area contributed by atoms with Crippen molar-refractivity contribution in [2.75, 3.05) is 0 Å². The largest absolute Gasteiger partial charge is 0.348 e. The second-order valence-electron chi connectivity index (χ2n) is 5.36. The topological polar surface area (TPSA) is 64.0 Å². The van der Waals surface area contributed by atoms with Gasteiger partial charge in [0.05, 0.1) is 6.04 Å². The van der Waals surface area contributed by atoms with Gasteiger partial charge in [-0.1, -0.05) is 19.1 Å². The van der Waals surface area contributed by atoms with Crippen LogP contribution in [-0.2, 0) is 11.3 Å². The van der Waals surface area contributed by atoms with E-state index in [1.54, 1.807) is 25.4 Å². The molecule has 0 aromatic carbocycles. The number of hydrogen-bond donors (Lipinski definition) is 1. The second kappa shape index (κ2) is 7.02. The van der Waals surface area contributed by atoms with Crippen molar-refractivity contribution < 1.29 is 4.79 Å². The number of rotatable bonds is 5. The first-order chi connectivity index (χ1) is 10.5. The van der Waals surface area contributed by atoms with Crippen molar-refractivity contribution in [3.05, 3.63) is 63.8 Å². The summed E-state index contributed by atoms with van der Waals surface area (Å²) in [4.78, 5) is 28.5. The predicted molar refractivity (Wildman–Crippen MR) is 85.6 cm³/mol. The first-order valence-corrected chi connectivity index (χ1v) is 7.39. The average molecular weight is 299 g/mol. The fraction of sp³-hybridized carbons (Fsp3) is 0.353. The van der Waals surface area contributed by atoms with E-state index >= 15 is 0 Å². The molecule has 5 nitrogen and oxygen atoms in total. The van der Waals surface area contributed by atoms with Gasteiger partial charge in [-0.15, -0.1) is 0 Å². The Hall–Kier alpha value is -2.43. The highest BCUT2D eigenvalue weighted by Gasteiger charge is 2.14. The minimum Gasteiger partial charge on any atom is -0.348 e. The Labute approximate surface area is 130 Å². The summed E-state index contributed by atoms with van der Waals surface area (Å²) in [6.07, 6.45) is 4.21. The molecule has 0 fully saturated rings. The minimum atomic E-state index is -0.175. The lowest BCUT2D eigenvalue weighted by atomic mass is 10.1. The third-order valence-corrected chi connectivity index (χ3v) is 3.71. The molecule has 2 aromatic heterocycles. The molecule has 0 bridgehead atoms. The van der Waals surface area contributed by atoms with E-state index in [-0.39, 0.29) is 24.1 Å². The molecule has 2 rings (SSSR count). The Balaban J connectivity index is 2.13. The molecule has 0 saturated carbocycles. The van der Waals surface area contributed by atoms with E-state index in [4.69, 9.17) is 0 Å². The van der Waals surface area contributed by atoms with Gasteiger partial charge in [0.25, 0.3) is 5.56 Å². The van der Waals surface area contributed by atoms with Gasteiger partial charge in [0.15, 0.2) is 0 Å². The quantitative estimate of drug-likeness (QED) is 0.920. The highest BCUT2D eigenvalue weighted by Crippen LogP contribution is 2.14. The molecule has 1 N–H and O–H groups in total. The van der Waals surface area contributed by atoms with Crippen LogP contribution in [0.4, 0.5) is 0 Å². The van der Waals surface area contributed by atoms with E-state index in [0.29, 0.717) is 5.56 Å². The SMILES string of the molecule is CCC(NC(=O)Cn1c(C)ccc(C)c1=O)c1cccnc1. The van der Waals surface area contributed by atoms with Crippen LogP contribution in [0.2, 0.25) is 0 Å². The van der Waals surface area contributed by atoms with Crippen LogP contribution in [0.3, 0.4) is 0 Å². The molecule has 1 unspecified atom stereocenters. The van der Waals surface area contributed by atoms with Crippen molar-refractivity contribution in [2.45, 2.75) is 39.8 Å². The van der Waals surface area contributed by atoms with Gasteiger partial charge in [0.1, 0.15) is 6.54 Å². The monoisotopic (exact) mass is 299 g/mol. The number of aromatic nitrogens is 2. The number of nitrogens with one attached hydrogen (secondary N) is 1. The molecule has 0 aliphatic rings. The molecule has 0 aliphatic carbocycles. The maximum atomic E-state index is 12.3. The van der Waals surface area contributed by atoms with E-state index in [2.05, 4.69) is 10.3 Å². The average Bonchev–Trinajstić information content (AvgIpc) is 2.54. The summed E-state index contributed by atoms with van der Waals surface area (Å²) < 4.78 is 1.50. The van der Waals surface area contributed by atoms with Crippen LogP contribution in [0.5, 0.6) is 0 Å². The Morgan fingerprint density at radius 3 is 2.73 bits per heavy atom. The Bertz CT molecular complexity index is 708. The molecule has 2 heterocycles. The van der Waals surface area contributed by atoms with Gasteiger partial charge >= 0.3 is 0 Å². The molecule has 2 aromatic rings. The summed E-state index contributed by atoms with van der Waals surface area (Å²) in [5.74, 6) is -0.175.